The van der Waals surface area contributed by atoms with Crippen LogP contribution in [0.15, 0.2) is 12.7 Å². The van der Waals surface area contributed by atoms with Gasteiger partial charge in [-0.3, -0.25) is 0 Å². The number of hydrogen-bond acceptors (Lipinski definition) is 11. The first-order chi connectivity index (χ1) is 25.9. The highest BCUT2D eigenvalue weighted by Gasteiger charge is 1.98. The molecule has 11 nitrogen and oxygen atoms in total. The van der Waals surface area contributed by atoms with Crippen LogP contribution in [0.2, 0.25) is 0 Å². The molecule has 52 heavy (non-hydrogen) atoms. The molecule has 0 bridgehead atoms. The van der Waals surface area contributed by atoms with Gasteiger partial charge in [0.2, 0.25) is 0 Å². The number of unbranched alkanes of at least 4 members (excludes halogenated alkanes) is 15. The van der Waals surface area contributed by atoms with Crippen LogP contribution in [-0.4, -0.2) is 145 Å². The molecule has 0 heterocycles. The van der Waals surface area contributed by atoms with Crippen molar-refractivity contribution in [2.24, 2.45) is 0 Å². The van der Waals surface area contributed by atoms with Crippen LogP contribution in [0.1, 0.15) is 110 Å². The highest BCUT2D eigenvalue weighted by atomic mass is 16.6. The Labute approximate surface area is 319 Å². The molecule has 0 aromatic rings. The largest absolute Gasteiger partial charge is 0.379 e. The average molecular weight is 751 g/mol. The summed E-state index contributed by atoms with van der Waals surface area (Å²) >= 11 is 0. The lowest BCUT2D eigenvalue weighted by molar-refractivity contribution is -0.0273. The molecule has 0 amide bonds. The predicted octanol–water partition coefficient (Wildman–Crippen LogP) is 7.62. The molecule has 0 aliphatic rings. The third kappa shape index (κ3) is 49.3. The van der Waals surface area contributed by atoms with Gasteiger partial charge in [-0.25, -0.2) is 0 Å². The maximum absolute atomic E-state index is 5.69. The molecule has 0 radical (unpaired) electrons. The van der Waals surface area contributed by atoms with E-state index in [1.165, 1.54) is 96.3 Å². The molecule has 0 saturated heterocycles. The lowest BCUT2D eigenvalue weighted by atomic mass is 10.0. The molecule has 0 N–H and O–H groups in total. The molecule has 0 saturated carbocycles. The summed E-state index contributed by atoms with van der Waals surface area (Å²) in [5, 5.41) is 0. The van der Waals surface area contributed by atoms with Crippen molar-refractivity contribution < 1.29 is 52.1 Å². The fraction of sp³-hybridized carbons (Fsp3) is 0.951. The zero-order valence-corrected chi connectivity index (χ0v) is 33.6. The smallest absolute Gasteiger partial charge is 0.0704 e. The van der Waals surface area contributed by atoms with Crippen LogP contribution >= 0.6 is 0 Å². The van der Waals surface area contributed by atoms with Crippen molar-refractivity contribution in [2.75, 3.05) is 145 Å². The lowest BCUT2D eigenvalue weighted by Gasteiger charge is -2.09. The summed E-state index contributed by atoms with van der Waals surface area (Å²) in [5.41, 5.74) is 0. The van der Waals surface area contributed by atoms with Crippen LogP contribution in [0.4, 0.5) is 0 Å². The maximum Gasteiger partial charge on any atom is 0.0704 e. The minimum Gasteiger partial charge on any atom is -0.379 e. The highest BCUT2D eigenvalue weighted by molar-refractivity contribution is 4.63. The van der Waals surface area contributed by atoms with E-state index in [1.54, 1.807) is 6.08 Å². The average Bonchev–Trinajstić information content (AvgIpc) is 3.16. The van der Waals surface area contributed by atoms with Crippen molar-refractivity contribution in [1.29, 1.82) is 0 Å². The summed E-state index contributed by atoms with van der Waals surface area (Å²) < 4.78 is 60.4. The third-order valence-electron chi connectivity index (χ3n) is 8.10. The van der Waals surface area contributed by atoms with Crippen molar-refractivity contribution in [1.82, 2.24) is 0 Å². The van der Waals surface area contributed by atoms with E-state index in [9.17, 15) is 0 Å². The maximum atomic E-state index is 5.69. The van der Waals surface area contributed by atoms with Gasteiger partial charge in [-0.2, -0.15) is 0 Å². The molecule has 0 unspecified atom stereocenters. The van der Waals surface area contributed by atoms with Gasteiger partial charge in [-0.15, -0.1) is 6.58 Å². The monoisotopic (exact) mass is 751 g/mol. The summed E-state index contributed by atoms with van der Waals surface area (Å²) in [6.45, 7) is 18.2. The van der Waals surface area contributed by atoms with E-state index in [0.717, 1.165) is 13.0 Å². The standard InChI is InChI=1S/C41H82O11/c1-3-5-6-7-8-9-10-11-12-13-14-15-16-17-18-19-21-43-23-25-45-27-29-47-31-33-49-35-37-51-39-41-52-40-38-50-36-34-48-32-30-46-28-26-44-24-22-42-20-4-2/h4H,2-3,5-41H2,1H3. The Bertz CT molecular complexity index is 630. The summed E-state index contributed by atoms with van der Waals surface area (Å²) in [6.07, 6.45) is 23.9. The molecular formula is C41H82O11. The predicted molar refractivity (Wildman–Crippen MR) is 209 cm³/mol. The second-order valence-corrected chi connectivity index (χ2v) is 12.8. The van der Waals surface area contributed by atoms with E-state index in [2.05, 4.69) is 13.5 Å². The summed E-state index contributed by atoms with van der Waals surface area (Å²) in [7, 11) is 0. The van der Waals surface area contributed by atoms with Crippen LogP contribution in [-0.2, 0) is 52.1 Å². The minimum absolute atomic E-state index is 0.523. The van der Waals surface area contributed by atoms with Crippen molar-refractivity contribution in [3.05, 3.63) is 12.7 Å². The first kappa shape index (κ1) is 51.3. The Kier molecular flexibility index (Phi) is 49.6. The molecule has 0 aliphatic heterocycles. The Morgan fingerprint density at radius 1 is 0.250 bits per heavy atom. The van der Waals surface area contributed by atoms with Crippen molar-refractivity contribution in [3.63, 3.8) is 0 Å². The van der Waals surface area contributed by atoms with Gasteiger partial charge in [0.05, 0.1) is 139 Å². The first-order valence-electron chi connectivity index (χ1n) is 20.9. The zero-order chi connectivity index (χ0) is 37.4. The number of rotatable bonds is 49. The molecule has 0 aliphatic carbocycles. The van der Waals surface area contributed by atoms with Gasteiger partial charge in [0.15, 0.2) is 0 Å². The summed E-state index contributed by atoms with van der Waals surface area (Å²) in [4.78, 5) is 0. The van der Waals surface area contributed by atoms with E-state index in [4.69, 9.17) is 52.1 Å². The fourth-order valence-electron chi connectivity index (χ4n) is 5.12. The molecule has 312 valence electrons. The zero-order valence-electron chi connectivity index (χ0n) is 33.6. The second kappa shape index (κ2) is 50.3. The Balaban J connectivity index is 3.05. The molecular weight excluding hydrogens is 668 g/mol. The van der Waals surface area contributed by atoms with E-state index >= 15 is 0 Å². The molecule has 0 rings (SSSR count). The van der Waals surface area contributed by atoms with Crippen LogP contribution in [0.3, 0.4) is 0 Å². The van der Waals surface area contributed by atoms with Crippen LogP contribution in [0.25, 0.3) is 0 Å². The summed E-state index contributed by atoms with van der Waals surface area (Å²) in [5.74, 6) is 0. The van der Waals surface area contributed by atoms with Gasteiger partial charge in [0.1, 0.15) is 0 Å². The summed E-state index contributed by atoms with van der Waals surface area (Å²) in [6, 6.07) is 0. The van der Waals surface area contributed by atoms with Gasteiger partial charge in [-0.05, 0) is 6.42 Å². The van der Waals surface area contributed by atoms with Crippen molar-refractivity contribution in [3.8, 4) is 0 Å². The third-order valence-corrected chi connectivity index (χ3v) is 8.10. The second-order valence-electron chi connectivity index (χ2n) is 12.8. The highest BCUT2D eigenvalue weighted by Crippen LogP contribution is 2.13. The normalized spacial score (nSPS) is 11.6. The number of hydrogen-bond donors (Lipinski definition) is 0. The molecule has 0 fully saturated rings. The SMILES string of the molecule is C=CCOCCOCCOCCOCCOCCOCCOCCOCCOCCOCCOCCCCCCCCCCCCCCCCCC. The van der Waals surface area contributed by atoms with Gasteiger partial charge >= 0.3 is 0 Å². The van der Waals surface area contributed by atoms with E-state index in [1.807, 2.05) is 0 Å². The molecule has 0 aromatic carbocycles. The topological polar surface area (TPSA) is 102 Å². The van der Waals surface area contributed by atoms with Gasteiger partial charge in [0.25, 0.3) is 0 Å². The van der Waals surface area contributed by atoms with E-state index < -0.39 is 0 Å². The Morgan fingerprint density at radius 3 is 0.673 bits per heavy atom. The van der Waals surface area contributed by atoms with E-state index in [0.29, 0.717) is 139 Å². The van der Waals surface area contributed by atoms with Crippen molar-refractivity contribution in [2.45, 2.75) is 110 Å². The molecule has 0 atom stereocenters. The molecule has 0 aromatic heterocycles. The molecule has 0 spiro atoms. The van der Waals surface area contributed by atoms with Gasteiger partial charge < -0.3 is 52.1 Å². The van der Waals surface area contributed by atoms with Crippen LogP contribution in [0.5, 0.6) is 0 Å². The van der Waals surface area contributed by atoms with Gasteiger partial charge in [0, 0.05) is 6.61 Å². The van der Waals surface area contributed by atoms with Crippen LogP contribution in [0, 0.1) is 0 Å². The quantitative estimate of drug-likeness (QED) is 0.0454. The fourth-order valence-corrected chi connectivity index (χ4v) is 5.12. The van der Waals surface area contributed by atoms with Crippen LogP contribution < -0.4 is 0 Å². The Hall–Kier alpha value is -0.700. The van der Waals surface area contributed by atoms with Crippen molar-refractivity contribution >= 4 is 0 Å². The van der Waals surface area contributed by atoms with Gasteiger partial charge in [-0.1, -0.05) is 109 Å². The Morgan fingerprint density at radius 2 is 0.442 bits per heavy atom. The number of ether oxygens (including phenoxy) is 11. The van der Waals surface area contributed by atoms with E-state index in [-0.39, 0.29) is 0 Å². The molecule has 11 heteroatoms. The minimum atomic E-state index is 0.523. The lowest BCUT2D eigenvalue weighted by Crippen LogP contribution is -2.15. The first-order valence-corrected chi connectivity index (χ1v) is 20.9.